The molecule has 6 heteroatoms. The van der Waals surface area contributed by atoms with Crippen LogP contribution >= 0.6 is 0 Å². The first-order valence-electron chi connectivity index (χ1n) is 9.13. The van der Waals surface area contributed by atoms with Gasteiger partial charge in [-0.1, -0.05) is 31.4 Å². The van der Waals surface area contributed by atoms with Crippen LogP contribution in [0.3, 0.4) is 0 Å². The first-order chi connectivity index (χ1) is 12.1. The second kappa shape index (κ2) is 8.47. The van der Waals surface area contributed by atoms with Crippen molar-refractivity contribution >= 4 is 0 Å². The molecule has 1 saturated heterocycles. The van der Waals surface area contributed by atoms with Crippen molar-refractivity contribution in [2.24, 2.45) is 5.92 Å². The predicted molar refractivity (Wildman–Crippen MR) is 91.2 cm³/mol. The molecule has 1 aliphatic heterocycles. The van der Waals surface area contributed by atoms with Crippen molar-refractivity contribution < 1.29 is 29.9 Å². The van der Waals surface area contributed by atoms with Gasteiger partial charge in [0.2, 0.25) is 0 Å². The number of hydrogen-bond acceptors (Lipinski definition) is 6. The standard InChI is InChI=1S/C19H28O6/c20-10-15-16(21)17(22)18(23)19(25-15)13-7-4-8-14(9-13)24-11-12-5-2-1-3-6-12/h4,7-9,12,15-23H,1-3,5-6,10-11H2. The molecule has 5 atom stereocenters. The minimum Gasteiger partial charge on any atom is -0.493 e. The molecule has 1 heterocycles. The summed E-state index contributed by atoms with van der Waals surface area (Å²) < 4.78 is 11.5. The van der Waals surface area contributed by atoms with Crippen LogP contribution in [0.25, 0.3) is 0 Å². The van der Waals surface area contributed by atoms with E-state index in [0.717, 1.165) is 0 Å². The molecule has 0 amide bonds. The van der Waals surface area contributed by atoms with E-state index >= 15 is 0 Å². The Labute approximate surface area is 148 Å². The van der Waals surface area contributed by atoms with Crippen LogP contribution in [0.2, 0.25) is 0 Å². The van der Waals surface area contributed by atoms with Crippen LogP contribution in [0, 0.1) is 5.92 Å². The van der Waals surface area contributed by atoms with Crippen molar-refractivity contribution in [1.82, 2.24) is 0 Å². The third-order valence-corrected chi connectivity index (χ3v) is 5.29. The fraction of sp³-hybridized carbons (Fsp3) is 0.684. The Kier molecular flexibility index (Phi) is 6.30. The van der Waals surface area contributed by atoms with E-state index in [-0.39, 0.29) is 0 Å². The summed E-state index contributed by atoms with van der Waals surface area (Å²) in [5.41, 5.74) is 0.651. The molecule has 0 radical (unpaired) electrons. The quantitative estimate of drug-likeness (QED) is 0.635. The van der Waals surface area contributed by atoms with Gasteiger partial charge in [-0.25, -0.2) is 0 Å². The van der Waals surface area contributed by atoms with Gasteiger partial charge in [-0.3, -0.25) is 0 Å². The van der Waals surface area contributed by atoms with Gasteiger partial charge in [-0.05, 0) is 36.5 Å². The average Bonchev–Trinajstić information content (AvgIpc) is 2.66. The summed E-state index contributed by atoms with van der Waals surface area (Å²) >= 11 is 0. The predicted octanol–water partition coefficient (Wildman–Crippen LogP) is 1.16. The second-order valence-corrected chi connectivity index (χ2v) is 7.14. The molecule has 4 N–H and O–H groups in total. The second-order valence-electron chi connectivity index (χ2n) is 7.14. The summed E-state index contributed by atoms with van der Waals surface area (Å²) in [5, 5.41) is 39.4. The van der Waals surface area contributed by atoms with E-state index in [9.17, 15) is 20.4 Å². The van der Waals surface area contributed by atoms with E-state index in [1.54, 1.807) is 12.1 Å². The number of ether oxygens (including phenoxy) is 2. The number of benzene rings is 1. The van der Waals surface area contributed by atoms with E-state index in [2.05, 4.69) is 0 Å². The van der Waals surface area contributed by atoms with Crippen LogP contribution < -0.4 is 4.74 Å². The molecule has 1 aliphatic carbocycles. The van der Waals surface area contributed by atoms with Gasteiger partial charge in [0, 0.05) is 0 Å². The lowest BCUT2D eigenvalue weighted by Crippen LogP contribution is -2.55. The molecule has 6 nitrogen and oxygen atoms in total. The van der Waals surface area contributed by atoms with Crippen LogP contribution in [0.4, 0.5) is 0 Å². The van der Waals surface area contributed by atoms with Crippen LogP contribution in [0.5, 0.6) is 5.75 Å². The lowest BCUT2D eigenvalue weighted by Gasteiger charge is -2.40. The van der Waals surface area contributed by atoms with Crippen LogP contribution in [-0.2, 0) is 4.74 Å². The van der Waals surface area contributed by atoms with Crippen molar-refractivity contribution in [3.05, 3.63) is 29.8 Å². The third-order valence-electron chi connectivity index (χ3n) is 5.29. The van der Waals surface area contributed by atoms with Gasteiger partial charge in [0.1, 0.15) is 36.3 Å². The van der Waals surface area contributed by atoms with E-state index in [4.69, 9.17) is 9.47 Å². The highest BCUT2D eigenvalue weighted by Crippen LogP contribution is 2.34. The molecule has 25 heavy (non-hydrogen) atoms. The largest absolute Gasteiger partial charge is 0.493 e. The SMILES string of the molecule is OCC1OC(c2cccc(OCC3CCCCC3)c2)C(O)C(O)C1O. The normalized spacial score (nSPS) is 34.0. The van der Waals surface area contributed by atoms with Crippen molar-refractivity contribution in [3.8, 4) is 5.75 Å². The van der Waals surface area contributed by atoms with Crippen LogP contribution in [0.15, 0.2) is 24.3 Å². The van der Waals surface area contributed by atoms with Gasteiger partial charge in [-0.2, -0.15) is 0 Å². The van der Waals surface area contributed by atoms with Gasteiger partial charge in [-0.15, -0.1) is 0 Å². The number of aliphatic hydroxyl groups is 4. The Morgan fingerprint density at radius 3 is 2.48 bits per heavy atom. The van der Waals surface area contributed by atoms with Crippen molar-refractivity contribution in [3.63, 3.8) is 0 Å². The lowest BCUT2D eigenvalue weighted by molar-refractivity contribution is -0.231. The molecule has 2 fully saturated rings. The van der Waals surface area contributed by atoms with Crippen molar-refractivity contribution in [1.29, 1.82) is 0 Å². The molecule has 0 spiro atoms. The smallest absolute Gasteiger partial charge is 0.119 e. The maximum absolute atomic E-state index is 10.2. The van der Waals surface area contributed by atoms with Gasteiger partial charge in [0.05, 0.1) is 13.2 Å². The zero-order valence-electron chi connectivity index (χ0n) is 14.3. The number of rotatable bonds is 5. The summed E-state index contributed by atoms with van der Waals surface area (Å²) in [7, 11) is 0. The van der Waals surface area contributed by atoms with Crippen molar-refractivity contribution in [2.45, 2.75) is 62.6 Å². The summed E-state index contributed by atoms with van der Waals surface area (Å²) in [6.45, 7) is 0.247. The molecule has 1 aromatic rings. The molecular weight excluding hydrogens is 324 g/mol. The minimum atomic E-state index is -1.37. The first kappa shape index (κ1) is 18.6. The fourth-order valence-electron chi connectivity index (χ4n) is 3.73. The van der Waals surface area contributed by atoms with Crippen LogP contribution in [0.1, 0.15) is 43.8 Å². The van der Waals surface area contributed by atoms with Crippen molar-refractivity contribution in [2.75, 3.05) is 13.2 Å². The Balaban J connectivity index is 1.67. The zero-order chi connectivity index (χ0) is 17.8. The maximum Gasteiger partial charge on any atom is 0.119 e. The fourth-order valence-corrected chi connectivity index (χ4v) is 3.73. The highest BCUT2D eigenvalue weighted by molar-refractivity contribution is 5.31. The first-order valence-corrected chi connectivity index (χ1v) is 9.13. The third kappa shape index (κ3) is 4.33. The molecule has 3 rings (SSSR count). The zero-order valence-corrected chi connectivity index (χ0v) is 14.3. The van der Waals surface area contributed by atoms with Gasteiger partial charge in [0.25, 0.3) is 0 Å². The van der Waals surface area contributed by atoms with Crippen LogP contribution in [-0.4, -0.2) is 58.1 Å². The van der Waals surface area contributed by atoms with Gasteiger partial charge in [0.15, 0.2) is 0 Å². The Bertz CT molecular complexity index is 542. The molecular formula is C19H28O6. The van der Waals surface area contributed by atoms with Gasteiger partial charge >= 0.3 is 0 Å². The highest BCUT2D eigenvalue weighted by atomic mass is 16.5. The summed E-state index contributed by atoms with van der Waals surface area (Å²) in [5.74, 6) is 1.28. The molecule has 0 bridgehead atoms. The molecule has 140 valence electrons. The summed E-state index contributed by atoms with van der Waals surface area (Å²) in [6, 6.07) is 7.24. The van der Waals surface area contributed by atoms with E-state index < -0.39 is 37.1 Å². The summed E-state index contributed by atoms with van der Waals surface area (Å²) in [4.78, 5) is 0. The summed E-state index contributed by atoms with van der Waals surface area (Å²) in [6.07, 6.45) is 0.514. The average molecular weight is 352 g/mol. The molecule has 1 saturated carbocycles. The Hall–Kier alpha value is -1.18. The molecule has 2 aliphatic rings. The Morgan fingerprint density at radius 1 is 1.00 bits per heavy atom. The molecule has 0 aromatic heterocycles. The lowest BCUT2D eigenvalue weighted by atomic mass is 9.90. The number of hydrogen-bond donors (Lipinski definition) is 4. The number of aliphatic hydroxyl groups excluding tert-OH is 4. The molecule has 1 aromatic carbocycles. The highest BCUT2D eigenvalue weighted by Gasteiger charge is 2.43. The van der Waals surface area contributed by atoms with E-state index in [0.29, 0.717) is 23.8 Å². The van der Waals surface area contributed by atoms with E-state index in [1.807, 2.05) is 12.1 Å². The Morgan fingerprint density at radius 2 is 1.76 bits per heavy atom. The topological polar surface area (TPSA) is 99.4 Å². The van der Waals surface area contributed by atoms with Gasteiger partial charge < -0.3 is 29.9 Å². The monoisotopic (exact) mass is 352 g/mol. The minimum absolute atomic E-state index is 0.431. The molecule has 5 unspecified atom stereocenters. The maximum atomic E-state index is 10.2. The van der Waals surface area contributed by atoms with E-state index in [1.165, 1.54) is 32.1 Å².